The van der Waals surface area contributed by atoms with E-state index in [-0.39, 0.29) is 25.5 Å². The molecule has 1 N–H and O–H groups in total. The lowest BCUT2D eigenvalue weighted by atomic mass is 10.1. The number of hydrogen-bond donors (Lipinski definition) is 1. The number of fused-ring (bicyclic) bond motifs is 3. The summed E-state index contributed by atoms with van der Waals surface area (Å²) in [5.41, 5.74) is 1.65. The molecule has 0 bridgehead atoms. The lowest BCUT2D eigenvalue weighted by Gasteiger charge is -2.04. The van der Waals surface area contributed by atoms with E-state index in [0.717, 1.165) is 5.39 Å². The summed E-state index contributed by atoms with van der Waals surface area (Å²) in [6.07, 6.45) is 3.64. The predicted molar refractivity (Wildman–Crippen MR) is 87.7 cm³/mol. The van der Waals surface area contributed by atoms with Crippen molar-refractivity contribution in [2.45, 2.75) is 18.6 Å². The average Bonchev–Trinajstić information content (AvgIpc) is 2.94. The highest BCUT2D eigenvalue weighted by molar-refractivity contribution is 7.98. The molecule has 1 aromatic carbocycles. The molecule has 0 atom stereocenters. The summed E-state index contributed by atoms with van der Waals surface area (Å²) in [5, 5.41) is 15.8. The number of nitrogens with zero attached hydrogens (tertiary/aromatic N) is 4. The summed E-state index contributed by atoms with van der Waals surface area (Å²) in [5.74, 6) is -0.479. The van der Waals surface area contributed by atoms with Crippen LogP contribution in [0.15, 0.2) is 23.5 Å². The Hall–Kier alpha value is -2.19. The Morgan fingerprint density at radius 1 is 1.43 bits per heavy atom. The van der Waals surface area contributed by atoms with Crippen LogP contribution in [0.25, 0.3) is 21.8 Å². The van der Waals surface area contributed by atoms with Crippen LogP contribution in [0.1, 0.15) is 17.4 Å². The maximum absolute atomic E-state index is 12.1. The summed E-state index contributed by atoms with van der Waals surface area (Å²) in [4.78, 5) is 20.9. The number of benzene rings is 1. The van der Waals surface area contributed by atoms with E-state index < -0.39 is 5.97 Å². The van der Waals surface area contributed by atoms with Gasteiger partial charge in [0.15, 0.2) is 10.9 Å². The zero-order valence-electron chi connectivity index (χ0n) is 12.8. The highest BCUT2D eigenvalue weighted by atomic mass is 32.2. The topological polar surface area (TPSA) is 90.1 Å². The largest absolute Gasteiger partial charge is 0.461 e. The fourth-order valence-corrected chi connectivity index (χ4v) is 2.79. The zero-order chi connectivity index (χ0) is 16.4. The molecular formula is C15H16N4O3S. The molecule has 2 heterocycles. The van der Waals surface area contributed by atoms with Gasteiger partial charge in [-0.05, 0) is 19.2 Å². The smallest absolute Gasteiger partial charge is 0.359 e. The van der Waals surface area contributed by atoms with E-state index in [4.69, 9.17) is 4.74 Å². The normalized spacial score (nSPS) is 11.3. The van der Waals surface area contributed by atoms with Gasteiger partial charge < -0.3 is 9.84 Å². The van der Waals surface area contributed by atoms with Gasteiger partial charge in [-0.3, -0.25) is 4.68 Å². The van der Waals surface area contributed by atoms with E-state index in [9.17, 15) is 9.90 Å². The van der Waals surface area contributed by atoms with Crippen LogP contribution in [0.2, 0.25) is 0 Å². The number of thioether (sulfide) groups is 1. The van der Waals surface area contributed by atoms with Crippen molar-refractivity contribution in [1.29, 1.82) is 0 Å². The molecule has 2 aromatic heterocycles. The Balaban J connectivity index is 2.33. The third-order valence-corrected chi connectivity index (χ3v) is 3.96. The molecule has 23 heavy (non-hydrogen) atoms. The number of carbonyl (C=O) groups excluding carboxylic acids is 1. The van der Waals surface area contributed by atoms with E-state index in [0.29, 0.717) is 21.6 Å². The molecule has 3 aromatic rings. The lowest BCUT2D eigenvalue weighted by molar-refractivity contribution is 0.0520. The lowest BCUT2D eigenvalue weighted by Crippen LogP contribution is -2.09. The molecule has 0 fully saturated rings. The fourth-order valence-electron chi connectivity index (χ4n) is 2.45. The predicted octanol–water partition coefficient (Wildman–Crippen LogP) is 1.87. The monoisotopic (exact) mass is 332 g/mol. The van der Waals surface area contributed by atoms with Gasteiger partial charge in [-0.15, -0.1) is 0 Å². The van der Waals surface area contributed by atoms with Crippen molar-refractivity contribution in [1.82, 2.24) is 19.7 Å². The highest BCUT2D eigenvalue weighted by Gasteiger charge is 2.20. The van der Waals surface area contributed by atoms with Crippen molar-refractivity contribution in [2.24, 2.45) is 0 Å². The van der Waals surface area contributed by atoms with Gasteiger partial charge in [-0.2, -0.15) is 5.10 Å². The maximum Gasteiger partial charge on any atom is 0.359 e. The van der Waals surface area contributed by atoms with Gasteiger partial charge in [0.05, 0.1) is 25.3 Å². The van der Waals surface area contributed by atoms with Gasteiger partial charge in [0.2, 0.25) is 0 Å². The minimum Gasteiger partial charge on any atom is -0.461 e. The molecule has 0 unspecified atom stereocenters. The Morgan fingerprint density at radius 3 is 2.96 bits per heavy atom. The average molecular weight is 332 g/mol. The Labute approximate surface area is 136 Å². The number of aromatic nitrogens is 4. The first kappa shape index (κ1) is 15.7. The van der Waals surface area contributed by atoms with Crippen LogP contribution in [0.3, 0.4) is 0 Å². The van der Waals surface area contributed by atoms with Gasteiger partial charge in [0.1, 0.15) is 5.52 Å². The van der Waals surface area contributed by atoms with Crippen LogP contribution in [-0.4, -0.2) is 50.3 Å². The summed E-state index contributed by atoms with van der Waals surface area (Å²) in [6, 6.07) is 3.67. The van der Waals surface area contributed by atoms with Gasteiger partial charge in [0.25, 0.3) is 0 Å². The molecule has 0 aliphatic rings. The molecule has 0 saturated carbocycles. The molecular weight excluding hydrogens is 316 g/mol. The molecule has 0 spiro atoms. The van der Waals surface area contributed by atoms with Gasteiger partial charge >= 0.3 is 5.97 Å². The van der Waals surface area contributed by atoms with E-state index in [1.165, 1.54) is 11.8 Å². The zero-order valence-corrected chi connectivity index (χ0v) is 13.6. The van der Waals surface area contributed by atoms with E-state index in [2.05, 4.69) is 15.1 Å². The summed E-state index contributed by atoms with van der Waals surface area (Å²) in [6.45, 7) is 2.21. The molecule has 0 aliphatic heterocycles. The summed E-state index contributed by atoms with van der Waals surface area (Å²) < 4.78 is 6.67. The fraction of sp³-hybridized carbons (Fsp3) is 0.333. The van der Waals surface area contributed by atoms with Crippen molar-refractivity contribution in [2.75, 3.05) is 19.5 Å². The van der Waals surface area contributed by atoms with Crippen LogP contribution in [0.4, 0.5) is 0 Å². The second-order valence-electron chi connectivity index (χ2n) is 4.77. The molecule has 8 heteroatoms. The number of rotatable bonds is 5. The van der Waals surface area contributed by atoms with Gasteiger partial charge in [0, 0.05) is 17.0 Å². The van der Waals surface area contributed by atoms with Crippen LogP contribution in [0, 0.1) is 0 Å². The number of aliphatic hydroxyl groups excluding tert-OH is 1. The molecule has 120 valence electrons. The molecule has 0 saturated heterocycles. The van der Waals surface area contributed by atoms with E-state index in [1.807, 2.05) is 18.4 Å². The number of carbonyl (C=O) groups is 1. The first-order chi connectivity index (χ1) is 11.2. The van der Waals surface area contributed by atoms with E-state index in [1.54, 1.807) is 17.8 Å². The Morgan fingerprint density at radius 2 is 2.26 bits per heavy atom. The van der Waals surface area contributed by atoms with Crippen molar-refractivity contribution >= 4 is 39.5 Å². The molecule has 3 rings (SSSR count). The number of hydrogen-bond acceptors (Lipinski definition) is 7. The van der Waals surface area contributed by atoms with Crippen LogP contribution >= 0.6 is 11.8 Å². The molecule has 0 amide bonds. The maximum atomic E-state index is 12.1. The van der Waals surface area contributed by atoms with Crippen LogP contribution < -0.4 is 0 Å². The number of esters is 1. The van der Waals surface area contributed by atoms with Crippen LogP contribution in [-0.2, 0) is 11.3 Å². The van der Waals surface area contributed by atoms with Crippen molar-refractivity contribution in [3.8, 4) is 0 Å². The second kappa shape index (κ2) is 6.51. The van der Waals surface area contributed by atoms with Gasteiger partial charge in [-0.25, -0.2) is 14.8 Å². The molecule has 0 radical (unpaired) electrons. The van der Waals surface area contributed by atoms with Crippen LogP contribution in [0.5, 0.6) is 0 Å². The summed E-state index contributed by atoms with van der Waals surface area (Å²) >= 11 is 1.44. The Kier molecular flexibility index (Phi) is 4.44. The van der Waals surface area contributed by atoms with Crippen molar-refractivity contribution < 1.29 is 14.6 Å². The second-order valence-corrected chi connectivity index (χ2v) is 5.55. The van der Waals surface area contributed by atoms with Gasteiger partial charge in [-0.1, -0.05) is 17.8 Å². The third-order valence-electron chi connectivity index (χ3n) is 3.40. The van der Waals surface area contributed by atoms with Crippen molar-refractivity contribution in [3.05, 3.63) is 24.0 Å². The first-order valence-corrected chi connectivity index (χ1v) is 8.40. The SMILES string of the molecule is CCOC(=O)c1nn(CCO)c2c1ccc1cnc(SC)nc12. The highest BCUT2D eigenvalue weighted by Crippen LogP contribution is 2.27. The quantitative estimate of drug-likeness (QED) is 0.433. The van der Waals surface area contributed by atoms with Crippen molar-refractivity contribution in [3.63, 3.8) is 0 Å². The number of aliphatic hydroxyl groups is 1. The standard InChI is InChI=1S/C15H16N4O3S/c1-3-22-14(21)12-10-5-4-9-8-16-15(23-2)17-11(9)13(10)19(18-12)6-7-20/h4-5,8,20H,3,6-7H2,1-2H3. The number of ether oxygens (including phenoxy) is 1. The Bertz CT molecular complexity index is 878. The molecule has 0 aliphatic carbocycles. The van der Waals surface area contributed by atoms with E-state index >= 15 is 0 Å². The first-order valence-electron chi connectivity index (χ1n) is 7.17. The minimum atomic E-state index is -0.479. The minimum absolute atomic E-state index is 0.0874. The molecule has 7 nitrogen and oxygen atoms in total. The third kappa shape index (κ3) is 2.75. The summed E-state index contributed by atoms with van der Waals surface area (Å²) in [7, 11) is 0.